The van der Waals surface area contributed by atoms with Gasteiger partial charge in [0.15, 0.2) is 0 Å². The summed E-state index contributed by atoms with van der Waals surface area (Å²) in [6.07, 6.45) is 0.763. The molecule has 1 aliphatic heterocycles. The molecular weight excluding hydrogens is 244 g/mol. The van der Waals surface area contributed by atoms with Crippen LogP contribution >= 0.6 is 0 Å². The summed E-state index contributed by atoms with van der Waals surface area (Å²) in [6.45, 7) is 4.47. The number of hydrogen-bond donors (Lipinski definition) is 1. The Balaban J connectivity index is 2.33. The van der Waals surface area contributed by atoms with E-state index in [1.165, 1.54) is 0 Å². The van der Waals surface area contributed by atoms with Crippen molar-refractivity contribution in [2.75, 3.05) is 39.1 Å². The first-order valence-corrected chi connectivity index (χ1v) is 6.50. The van der Waals surface area contributed by atoms with E-state index in [0.717, 1.165) is 12.0 Å². The van der Waals surface area contributed by atoms with Crippen LogP contribution in [0.3, 0.4) is 0 Å². The number of carbonyl (C=O) groups excluding carboxylic acids is 1. The molecule has 1 aromatic carbocycles. The van der Waals surface area contributed by atoms with Gasteiger partial charge in [-0.05, 0) is 24.1 Å². The summed E-state index contributed by atoms with van der Waals surface area (Å²) in [5.74, 6) is 0.576. The molecule has 1 saturated heterocycles. The van der Waals surface area contributed by atoms with Crippen LogP contribution < -0.4 is 10.5 Å². The van der Waals surface area contributed by atoms with Crippen LogP contribution in [-0.2, 0) is 11.2 Å². The minimum Gasteiger partial charge on any atom is -0.495 e. The highest BCUT2D eigenvalue weighted by molar-refractivity contribution is 5.97. The fraction of sp³-hybridized carbons (Fsp3) is 0.500. The third kappa shape index (κ3) is 2.81. The van der Waals surface area contributed by atoms with Crippen molar-refractivity contribution in [2.24, 2.45) is 0 Å². The third-order valence-electron chi connectivity index (χ3n) is 3.37. The normalized spacial score (nSPS) is 15.4. The minimum atomic E-state index is 0.0263. The Hall–Kier alpha value is -1.75. The summed E-state index contributed by atoms with van der Waals surface area (Å²) >= 11 is 0. The number of rotatable bonds is 3. The van der Waals surface area contributed by atoms with Gasteiger partial charge >= 0.3 is 0 Å². The third-order valence-corrected chi connectivity index (χ3v) is 3.37. The largest absolute Gasteiger partial charge is 0.495 e. The second kappa shape index (κ2) is 5.93. The fourth-order valence-corrected chi connectivity index (χ4v) is 2.25. The smallest absolute Gasteiger partial charge is 0.254 e. The quantitative estimate of drug-likeness (QED) is 0.836. The maximum atomic E-state index is 12.5. The lowest BCUT2D eigenvalue weighted by Gasteiger charge is -2.27. The number of aryl methyl sites for hydroxylation is 1. The van der Waals surface area contributed by atoms with E-state index >= 15 is 0 Å². The molecule has 2 N–H and O–H groups in total. The molecule has 0 radical (unpaired) electrons. The Morgan fingerprint density at radius 1 is 1.42 bits per heavy atom. The molecule has 1 fully saturated rings. The molecule has 1 amide bonds. The van der Waals surface area contributed by atoms with Crippen LogP contribution in [0.1, 0.15) is 22.8 Å². The molecule has 0 unspecified atom stereocenters. The molecule has 0 saturated carbocycles. The lowest BCUT2D eigenvalue weighted by molar-refractivity contribution is 0.0302. The number of nitrogens with two attached hydrogens (primary N) is 1. The molecule has 0 atom stereocenters. The molecule has 1 heterocycles. The van der Waals surface area contributed by atoms with Gasteiger partial charge in [-0.3, -0.25) is 4.79 Å². The van der Waals surface area contributed by atoms with Gasteiger partial charge in [0.05, 0.1) is 26.0 Å². The predicted molar refractivity (Wildman–Crippen MR) is 73.5 cm³/mol. The van der Waals surface area contributed by atoms with Crippen molar-refractivity contribution in [2.45, 2.75) is 13.3 Å². The van der Waals surface area contributed by atoms with Crippen molar-refractivity contribution in [3.8, 4) is 5.75 Å². The lowest BCUT2D eigenvalue weighted by Crippen LogP contribution is -2.41. The van der Waals surface area contributed by atoms with Gasteiger partial charge in [0.25, 0.3) is 5.91 Å². The molecular formula is C14H20N2O3. The number of anilines is 1. The van der Waals surface area contributed by atoms with Gasteiger partial charge in [0, 0.05) is 18.7 Å². The standard InChI is InChI=1S/C14H20N2O3/c1-3-10-8-12(15)13(18-2)9-11(10)14(17)16-4-6-19-7-5-16/h8-9H,3-7,15H2,1-2H3. The number of hydrogen-bond acceptors (Lipinski definition) is 4. The van der Waals surface area contributed by atoms with E-state index in [2.05, 4.69) is 0 Å². The van der Waals surface area contributed by atoms with Gasteiger partial charge in [-0.2, -0.15) is 0 Å². The van der Waals surface area contributed by atoms with Gasteiger partial charge < -0.3 is 20.1 Å². The highest BCUT2D eigenvalue weighted by Gasteiger charge is 2.22. The average molecular weight is 264 g/mol. The number of morpholine rings is 1. The molecule has 1 aliphatic rings. The highest BCUT2D eigenvalue weighted by atomic mass is 16.5. The summed E-state index contributed by atoms with van der Waals surface area (Å²) in [6, 6.07) is 3.57. The van der Waals surface area contributed by atoms with Crippen molar-refractivity contribution in [3.05, 3.63) is 23.3 Å². The van der Waals surface area contributed by atoms with E-state index in [1.54, 1.807) is 13.2 Å². The van der Waals surface area contributed by atoms with E-state index in [1.807, 2.05) is 17.9 Å². The summed E-state index contributed by atoms with van der Waals surface area (Å²) in [5, 5.41) is 0. The number of nitrogens with zero attached hydrogens (tertiary/aromatic N) is 1. The van der Waals surface area contributed by atoms with Crippen molar-refractivity contribution in [1.82, 2.24) is 4.90 Å². The number of amides is 1. The molecule has 1 aromatic rings. The second-order valence-electron chi connectivity index (χ2n) is 4.51. The topological polar surface area (TPSA) is 64.8 Å². The number of benzene rings is 1. The Morgan fingerprint density at radius 3 is 2.68 bits per heavy atom. The molecule has 5 heteroatoms. The van der Waals surface area contributed by atoms with Crippen LogP contribution in [-0.4, -0.2) is 44.2 Å². The second-order valence-corrected chi connectivity index (χ2v) is 4.51. The van der Waals surface area contributed by atoms with Gasteiger partial charge in [-0.25, -0.2) is 0 Å². The number of carbonyl (C=O) groups is 1. The van der Waals surface area contributed by atoms with Crippen molar-refractivity contribution in [1.29, 1.82) is 0 Å². The van der Waals surface area contributed by atoms with Crippen molar-refractivity contribution >= 4 is 11.6 Å². The number of nitrogen functional groups attached to an aromatic ring is 1. The van der Waals surface area contributed by atoms with Crippen LogP contribution in [0.2, 0.25) is 0 Å². The number of methoxy groups -OCH3 is 1. The highest BCUT2D eigenvalue weighted by Crippen LogP contribution is 2.27. The van der Waals surface area contributed by atoms with Crippen molar-refractivity contribution < 1.29 is 14.3 Å². The maximum absolute atomic E-state index is 12.5. The Morgan fingerprint density at radius 2 is 2.11 bits per heavy atom. The Labute approximate surface area is 113 Å². The maximum Gasteiger partial charge on any atom is 0.254 e. The molecule has 0 aromatic heterocycles. The SMILES string of the molecule is CCc1cc(N)c(OC)cc1C(=O)N1CCOCC1. The van der Waals surface area contributed by atoms with Gasteiger partial charge in [0.2, 0.25) is 0 Å². The fourth-order valence-electron chi connectivity index (χ4n) is 2.25. The molecule has 19 heavy (non-hydrogen) atoms. The molecule has 2 rings (SSSR count). The van der Waals surface area contributed by atoms with E-state index in [0.29, 0.717) is 43.3 Å². The summed E-state index contributed by atoms with van der Waals surface area (Å²) in [5.41, 5.74) is 8.08. The summed E-state index contributed by atoms with van der Waals surface area (Å²) in [7, 11) is 1.56. The van der Waals surface area contributed by atoms with Crippen LogP contribution in [0, 0.1) is 0 Å². The Bertz CT molecular complexity index is 468. The molecule has 0 aliphatic carbocycles. The van der Waals surface area contributed by atoms with Gasteiger partial charge in [-0.1, -0.05) is 6.92 Å². The molecule has 104 valence electrons. The molecule has 5 nitrogen and oxygen atoms in total. The van der Waals surface area contributed by atoms with Gasteiger partial charge in [-0.15, -0.1) is 0 Å². The molecule has 0 spiro atoms. The average Bonchev–Trinajstić information content (AvgIpc) is 2.47. The summed E-state index contributed by atoms with van der Waals surface area (Å²) < 4.78 is 10.5. The summed E-state index contributed by atoms with van der Waals surface area (Å²) in [4.78, 5) is 14.3. The van der Waals surface area contributed by atoms with E-state index in [-0.39, 0.29) is 5.91 Å². The van der Waals surface area contributed by atoms with Crippen LogP contribution in [0.5, 0.6) is 5.75 Å². The zero-order chi connectivity index (χ0) is 13.8. The monoisotopic (exact) mass is 264 g/mol. The first kappa shape index (κ1) is 13.7. The lowest BCUT2D eigenvalue weighted by atomic mass is 10.0. The number of ether oxygens (including phenoxy) is 2. The zero-order valence-electron chi connectivity index (χ0n) is 11.4. The van der Waals surface area contributed by atoms with E-state index in [4.69, 9.17) is 15.2 Å². The van der Waals surface area contributed by atoms with Crippen LogP contribution in [0.15, 0.2) is 12.1 Å². The first-order valence-electron chi connectivity index (χ1n) is 6.50. The van der Waals surface area contributed by atoms with Gasteiger partial charge in [0.1, 0.15) is 5.75 Å². The predicted octanol–water partition coefficient (Wildman–Crippen LogP) is 1.31. The van der Waals surface area contributed by atoms with Crippen LogP contribution in [0.4, 0.5) is 5.69 Å². The Kier molecular flexibility index (Phi) is 4.27. The zero-order valence-corrected chi connectivity index (χ0v) is 11.4. The van der Waals surface area contributed by atoms with Crippen molar-refractivity contribution in [3.63, 3.8) is 0 Å². The first-order chi connectivity index (χ1) is 9.17. The van der Waals surface area contributed by atoms with Crippen LogP contribution in [0.25, 0.3) is 0 Å². The van der Waals surface area contributed by atoms with E-state index in [9.17, 15) is 4.79 Å². The minimum absolute atomic E-state index is 0.0263. The molecule has 0 bridgehead atoms. The van der Waals surface area contributed by atoms with E-state index < -0.39 is 0 Å².